The normalized spacial score (nSPS) is 11.2. The third kappa shape index (κ3) is 3.27. The first-order valence-corrected chi connectivity index (χ1v) is 9.81. The molecule has 1 amide bonds. The highest BCUT2D eigenvalue weighted by molar-refractivity contribution is 7.99. The van der Waals surface area contributed by atoms with E-state index >= 15 is 0 Å². The SMILES string of the molecule is Cc1ccccc1CNC(=O)CSc1nnc2n(C)c(=O)c3ccccc3n12. The largest absolute Gasteiger partial charge is 0.351 e. The number of thioether (sulfide) groups is 1. The minimum Gasteiger partial charge on any atom is -0.351 e. The number of carbonyl (C=O) groups excluding carboxylic acids is 1. The van der Waals surface area contributed by atoms with Gasteiger partial charge in [0.1, 0.15) is 0 Å². The van der Waals surface area contributed by atoms with E-state index in [1.54, 1.807) is 13.1 Å². The molecule has 0 atom stereocenters. The van der Waals surface area contributed by atoms with Crippen molar-refractivity contribution in [2.24, 2.45) is 7.05 Å². The van der Waals surface area contributed by atoms with Crippen LogP contribution >= 0.6 is 11.8 Å². The molecule has 0 saturated heterocycles. The summed E-state index contributed by atoms with van der Waals surface area (Å²) >= 11 is 1.30. The van der Waals surface area contributed by atoms with Gasteiger partial charge in [-0.15, -0.1) is 10.2 Å². The van der Waals surface area contributed by atoms with Crippen molar-refractivity contribution in [3.8, 4) is 0 Å². The molecule has 142 valence electrons. The molecule has 8 heteroatoms. The van der Waals surface area contributed by atoms with Gasteiger partial charge in [0, 0.05) is 13.6 Å². The Balaban J connectivity index is 1.55. The first-order chi connectivity index (χ1) is 13.6. The minimum absolute atomic E-state index is 0.0841. The minimum atomic E-state index is -0.122. The number of benzene rings is 2. The number of carbonyl (C=O) groups is 1. The summed E-state index contributed by atoms with van der Waals surface area (Å²) in [6, 6.07) is 15.3. The Morgan fingerprint density at radius 1 is 1.11 bits per heavy atom. The molecule has 0 bridgehead atoms. The molecule has 4 rings (SSSR count). The van der Waals surface area contributed by atoms with E-state index in [-0.39, 0.29) is 17.2 Å². The second-order valence-electron chi connectivity index (χ2n) is 6.49. The predicted octanol–water partition coefficient (Wildman–Crippen LogP) is 2.30. The maximum Gasteiger partial charge on any atom is 0.262 e. The Morgan fingerprint density at radius 2 is 1.86 bits per heavy atom. The monoisotopic (exact) mass is 393 g/mol. The number of fused-ring (bicyclic) bond motifs is 3. The number of nitrogens with one attached hydrogen (secondary N) is 1. The average Bonchev–Trinajstić information content (AvgIpc) is 3.14. The van der Waals surface area contributed by atoms with Crippen molar-refractivity contribution in [1.82, 2.24) is 24.5 Å². The molecule has 0 fully saturated rings. The van der Waals surface area contributed by atoms with E-state index in [4.69, 9.17) is 0 Å². The van der Waals surface area contributed by atoms with Gasteiger partial charge in [0.2, 0.25) is 11.7 Å². The smallest absolute Gasteiger partial charge is 0.262 e. The summed E-state index contributed by atoms with van der Waals surface area (Å²) in [5, 5.41) is 12.4. The summed E-state index contributed by atoms with van der Waals surface area (Å²) < 4.78 is 3.29. The molecule has 0 aliphatic carbocycles. The molecule has 0 saturated carbocycles. The highest BCUT2D eigenvalue weighted by atomic mass is 32.2. The molecule has 2 aromatic heterocycles. The van der Waals surface area contributed by atoms with Gasteiger partial charge in [-0.2, -0.15) is 0 Å². The van der Waals surface area contributed by atoms with Gasteiger partial charge >= 0.3 is 0 Å². The molecule has 0 unspecified atom stereocenters. The summed E-state index contributed by atoms with van der Waals surface area (Å²) in [4.78, 5) is 24.8. The first-order valence-electron chi connectivity index (χ1n) is 8.83. The lowest BCUT2D eigenvalue weighted by Crippen LogP contribution is -2.25. The third-order valence-electron chi connectivity index (χ3n) is 4.67. The number of hydrogen-bond donors (Lipinski definition) is 1. The van der Waals surface area contributed by atoms with Crippen molar-refractivity contribution < 1.29 is 4.79 Å². The average molecular weight is 393 g/mol. The molecular formula is C20H19N5O2S. The zero-order valence-electron chi connectivity index (χ0n) is 15.5. The van der Waals surface area contributed by atoms with Crippen molar-refractivity contribution in [2.45, 2.75) is 18.6 Å². The van der Waals surface area contributed by atoms with Crippen molar-refractivity contribution in [1.29, 1.82) is 0 Å². The lowest BCUT2D eigenvalue weighted by molar-refractivity contribution is -0.118. The van der Waals surface area contributed by atoms with Crippen LogP contribution in [0.1, 0.15) is 11.1 Å². The number of nitrogens with zero attached hydrogens (tertiary/aromatic N) is 4. The number of aryl methyl sites for hydroxylation is 2. The topological polar surface area (TPSA) is 81.3 Å². The summed E-state index contributed by atoms with van der Waals surface area (Å²) in [7, 11) is 1.67. The van der Waals surface area contributed by atoms with Crippen LogP contribution in [0.3, 0.4) is 0 Å². The lowest BCUT2D eigenvalue weighted by atomic mass is 10.1. The Bertz CT molecular complexity index is 1240. The van der Waals surface area contributed by atoms with Crippen LogP contribution in [0.5, 0.6) is 0 Å². The van der Waals surface area contributed by atoms with Crippen LogP contribution in [0.15, 0.2) is 58.5 Å². The van der Waals surface area contributed by atoms with E-state index in [0.29, 0.717) is 22.9 Å². The van der Waals surface area contributed by atoms with Gasteiger partial charge in [-0.1, -0.05) is 48.2 Å². The quantitative estimate of drug-likeness (QED) is 0.526. The van der Waals surface area contributed by atoms with E-state index in [1.165, 1.54) is 16.3 Å². The Morgan fingerprint density at radius 3 is 2.68 bits per heavy atom. The van der Waals surface area contributed by atoms with Crippen molar-refractivity contribution >= 4 is 34.3 Å². The van der Waals surface area contributed by atoms with E-state index < -0.39 is 0 Å². The number of amides is 1. The van der Waals surface area contributed by atoms with Crippen molar-refractivity contribution in [2.75, 3.05) is 5.75 Å². The molecule has 2 aromatic carbocycles. The van der Waals surface area contributed by atoms with Gasteiger partial charge in [-0.3, -0.25) is 18.6 Å². The van der Waals surface area contributed by atoms with Crippen LogP contribution < -0.4 is 10.9 Å². The van der Waals surface area contributed by atoms with Gasteiger partial charge in [0.15, 0.2) is 5.16 Å². The predicted molar refractivity (Wildman–Crippen MR) is 109 cm³/mol. The highest BCUT2D eigenvalue weighted by Crippen LogP contribution is 2.21. The fourth-order valence-corrected chi connectivity index (χ4v) is 3.86. The van der Waals surface area contributed by atoms with E-state index in [0.717, 1.165) is 16.6 Å². The summed E-state index contributed by atoms with van der Waals surface area (Å²) in [5.74, 6) is 0.578. The molecule has 0 spiro atoms. The maximum absolute atomic E-state index is 12.5. The third-order valence-corrected chi connectivity index (χ3v) is 5.59. The number of aromatic nitrogens is 4. The van der Waals surface area contributed by atoms with Crippen molar-refractivity contribution in [3.63, 3.8) is 0 Å². The lowest BCUT2D eigenvalue weighted by Gasteiger charge is -2.08. The van der Waals surface area contributed by atoms with E-state index in [2.05, 4.69) is 15.5 Å². The van der Waals surface area contributed by atoms with Crippen LogP contribution in [0.2, 0.25) is 0 Å². The van der Waals surface area contributed by atoms with Crippen LogP contribution in [0.4, 0.5) is 0 Å². The molecule has 7 nitrogen and oxygen atoms in total. The molecule has 0 aliphatic heterocycles. The van der Waals surface area contributed by atoms with Gasteiger partial charge < -0.3 is 5.32 Å². The Kier molecular flexibility index (Phi) is 4.87. The molecular weight excluding hydrogens is 374 g/mol. The molecule has 4 aromatic rings. The van der Waals surface area contributed by atoms with Gasteiger partial charge in [-0.25, -0.2) is 0 Å². The van der Waals surface area contributed by atoms with Crippen LogP contribution in [-0.2, 0) is 18.4 Å². The highest BCUT2D eigenvalue weighted by Gasteiger charge is 2.15. The van der Waals surface area contributed by atoms with Gasteiger partial charge in [-0.05, 0) is 30.2 Å². The molecule has 2 heterocycles. The first kappa shape index (κ1) is 18.2. The van der Waals surface area contributed by atoms with Crippen molar-refractivity contribution in [3.05, 3.63) is 70.0 Å². The molecule has 0 aliphatic rings. The zero-order chi connectivity index (χ0) is 19.7. The fourth-order valence-electron chi connectivity index (χ4n) is 3.09. The maximum atomic E-state index is 12.5. The number of rotatable bonds is 5. The molecule has 0 radical (unpaired) electrons. The second kappa shape index (κ2) is 7.47. The van der Waals surface area contributed by atoms with E-state index in [9.17, 15) is 9.59 Å². The molecule has 28 heavy (non-hydrogen) atoms. The molecule has 1 N–H and O–H groups in total. The summed E-state index contributed by atoms with van der Waals surface area (Å²) in [6.45, 7) is 2.51. The summed E-state index contributed by atoms with van der Waals surface area (Å²) in [5.41, 5.74) is 2.84. The summed E-state index contributed by atoms with van der Waals surface area (Å²) in [6.07, 6.45) is 0. The standard InChI is InChI=1S/C20H19N5O2S/c1-13-7-3-4-8-14(13)11-21-17(26)12-28-20-23-22-19-24(2)18(27)15-9-5-6-10-16(15)25(19)20/h3-10H,11-12H2,1-2H3,(H,21,26). The van der Waals surface area contributed by atoms with Crippen LogP contribution in [0.25, 0.3) is 16.7 Å². The van der Waals surface area contributed by atoms with Crippen LogP contribution in [0, 0.1) is 6.92 Å². The van der Waals surface area contributed by atoms with Crippen LogP contribution in [-0.4, -0.2) is 30.8 Å². The van der Waals surface area contributed by atoms with E-state index in [1.807, 2.05) is 53.8 Å². The number of hydrogen-bond acceptors (Lipinski definition) is 5. The second-order valence-corrected chi connectivity index (χ2v) is 7.43. The fraction of sp³-hybridized carbons (Fsp3) is 0.200. The van der Waals surface area contributed by atoms with Gasteiger partial charge in [0.25, 0.3) is 5.56 Å². The Labute approximate surface area is 165 Å². The number of para-hydroxylation sites is 1. The Hall–Kier alpha value is -3.13. The zero-order valence-corrected chi connectivity index (χ0v) is 16.4. The van der Waals surface area contributed by atoms with Gasteiger partial charge in [0.05, 0.1) is 16.7 Å².